The Labute approximate surface area is 134 Å². The summed E-state index contributed by atoms with van der Waals surface area (Å²) < 4.78 is 6.19. The van der Waals surface area contributed by atoms with Gasteiger partial charge in [-0.15, -0.1) is 0 Å². The molecule has 110 valence electrons. The lowest BCUT2D eigenvalue weighted by molar-refractivity contribution is -0.119. The van der Waals surface area contributed by atoms with E-state index in [1.54, 1.807) is 7.11 Å². The van der Waals surface area contributed by atoms with Crippen LogP contribution in [-0.4, -0.2) is 12.9 Å². The monoisotopic (exact) mass is 346 g/mol. The first-order valence-electron chi connectivity index (χ1n) is 7.06. The van der Waals surface area contributed by atoms with Crippen molar-refractivity contribution in [3.8, 4) is 5.75 Å². The molecule has 0 atom stereocenters. The molecule has 0 saturated carbocycles. The molecule has 2 nitrogen and oxygen atoms in total. The number of hydrogen-bond acceptors (Lipinski definition) is 2. The number of ketones is 1. The van der Waals surface area contributed by atoms with Crippen LogP contribution in [0.2, 0.25) is 0 Å². The Morgan fingerprint density at radius 1 is 0.905 bits per heavy atom. The van der Waals surface area contributed by atoms with E-state index < -0.39 is 0 Å². The van der Waals surface area contributed by atoms with Crippen LogP contribution in [0.15, 0.2) is 53.0 Å². The molecule has 0 aliphatic rings. The van der Waals surface area contributed by atoms with Gasteiger partial charge < -0.3 is 4.74 Å². The summed E-state index contributed by atoms with van der Waals surface area (Å²) in [5.41, 5.74) is 2.38. The molecule has 3 heteroatoms. The Balaban J connectivity index is 1.75. The van der Waals surface area contributed by atoms with E-state index in [-0.39, 0.29) is 0 Å². The summed E-state index contributed by atoms with van der Waals surface area (Å²) in [7, 11) is 1.65. The van der Waals surface area contributed by atoms with Crippen molar-refractivity contribution in [1.29, 1.82) is 0 Å². The highest BCUT2D eigenvalue weighted by Crippen LogP contribution is 2.14. The SMILES string of the molecule is COc1ccc(CCC(=O)CCc2ccc(Br)cc2)cc1. The van der Waals surface area contributed by atoms with Crippen LogP contribution in [0.25, 0.3) is 0 Å². The van der Waals surface area contributed by atoms with E-state index in [1.807, 2.05) is 36.4 Å². The minimum atomic E-state index is 0.314. The number of rotatable bonds is 7. The van der Waals surface area contributed by atoms with Crippen LogP contribution < -0.4 is 4.74 Å². The van der Waals surface area contributed by atoms with Gasteiger partial charge in [0.1, 0.15) is 11.5 Å². The summed E-state index contributed by atoms with van der Waals surface area (Å²) in [6.45, 7) is 0. The summed E-state index contributed by atoms with van der Waals surface area (Å²) in [4.78, 5) is 11.9. The van der Waals surface area contributed by atoms with Gasteiger partial charge >= 0.3 is 0 Å². The molecule has 0 spiro atoms. The van der Waals surface area contributed by atoms with Crippen molar-refractivity contribution in [2.24, 2.45) is 0 Å². The smallest absolute Gasteiger partial charge is 0.133 e. The van der Waals surface area contributed by atoms with Crippen molar-refractivity contribution in [3.05, 3.63) is 64.1 Å². The molecule has 0 bridgehead atoms. The second kappa shape index (κ2) is 7.99. The molecule has 2 aromatic carbocycles. The zero-order valence-corrected chi connectivity index (χ0v) is 13.7. The Morgan fingerprint density at radius 3 is 1.86 bits per heavy atom. The lowest BCUT2D eigenvalue weighted by atomic mass is 10.0. The number of benzene rings is 2. The molecule has 2 aromatic rings. The van der Waals surface area contributed by atoms with Crippen molar-refractivity contribution in [2.75, 3.05) is 7.11 Å². The highest BCUT2D eigenvalue weighted by atomic mass is 79.9. The second-order valence-corrected chi connectivity index (χ2v) is 5.93. The first kappa shape index (κ1) is 15.8. The highest BCUT2D eigenvalue weighted by Gasteiger charge is 2.04. The van der Waals surface area contributed by atoms with Gasteiger partial charge in [0, 0.05) is 17.3 Å². The fourth-order valence-corrected chi connectivity index (χ4v) is 2.40. The van der Waals surface area contributed by atoms with Gasteiger partial charge in [-0.2, -0.15) is 0 Å². The maximum Gasteiger partial charge on any atom is 0.133 e. The molecular formula is C18H19BrO2. The average Bonchev–Trinajstić information content (AvgIpc) is 2.53. The number of aryl methyl sites for hydroxylation is 2. The van der Waals surface area contributed by atoms with Gasteiger partial charge in [-0.3, -0.25) is 4.79 Å². The number of halogens is 1. The Morgan fingerprint density at radius 2 is 1.38 bits per heavy atom. The quantitative estimate of drug-likeness (QED) is 0.732. The fraction of sp³-hybridized carbons (Fsp3) is 0.278. The number of methoxy groups -OCH3 is 1. The van der Waals surface area contributed by atoms with Crippen molar-refractivity contribution < 1.29 is 9.53 Å². The van der Waals surface area contributed by atoms with Gasteiger partial charge in [0.15, 0.2) is 0 Å². The van der Waals surface area contributed by atoms with E-state index in [0.29, 0.717) is 18.6 Å². The van der Waals surface area contributed by atoms with Gasteiger partial charge in [-0.05, 0) is 48.2 Å². The largest absolute Gasteiger partial charge is 0.497 e. The number of carbonyl (C=O) groups excluding carboxylic acids is 1. The number of carbonyl (C=O) groups is 1. The summed E-state index contributed by atoms with van der Waals surface area (Å²) >= 11 is 3.41. The van der Waals surface area contributed by atoms with Crippen LogP contribution in [0.4, 0.5) is 0 Å². The highest BCUT2D eigenvalue weighted by molar-refractivity contribution is 9.10. The van der Waals surface area contributed by atoms with E-state index in [4.69, 9.17) is 4.74 Å². The molecular weight excluding hydrogens is 328 g/mol. The van der Waals surface area contributed by atoms with Crippen LogP contribution in [0.3, 0.4) is 0 Å². The molecule has 2 rings (SSSR count). The normalized spacial score (nSPS) is 10.4. The molecule has 0 heterocycles. The predicted octanol–water partition coefficient (Wildman–Crippen LogP) is 4.59. The Kier molecular flexibility index (Phi) is 6.00. The standard InChI is InChI=1S/C18H19BrO2/c1-21-18-12-6-15(7-13-18)5-11-17(20)10-4-14-2-8-16(19)9-3-14/h2-3,6-9,12-13H,4-5,10-11H2,1H3. The Bertz CT molecular complexity index is 573. The van der Waals surface area contributed by atoms with Crippen LogP contribution >= 0.6 is 15.9 Å². The van der Waals surface area contributed by atoms with Gasteiger partial charge in [0.25, 0.3) is 0 Å². The molecule has 0 fully saturated rings. The van der Waals surface area contributed by atoms with Crippen LogP contribution in [0.5, 0.6) is 5.75 Å². The van der Waals surface area contributed by atoms with Crippen LogP contribution in [-0.2, 0) is 17.6 Å². The first-order chi connectivity index (χ1) is 10.2. The topological polar surface area (TPSA) is 26.3 Å². The molecule has 0 aliphatic carbocycles. The zero-order valence-electron chi connectivity index (χ0n) is 12.1. The average molecular weight is 347 g/mol. The number of ether oxygens (including phenoxy) is 1. The van der Waals surface area contributed by atoms with E-state index >= 15 is 0 Å². The van der Waals surface area contributed by atoms with E-state index in [2.05, 4.69) is 28.1 Å². The molecule has 0 N–H and O–H groups in total. The second-order valence-electron chi connectivity index (χ2n) is 5.01. The maximum atomic E-state index is 11.9. The van der Waals surface area contributed by atoms with E-state index in [0.717, 1.165) is 23.1 Å². The lowest BCUT2D eigenvalue weighted by Crippen LogP contribution is -2.02. The molecule has 0 aromatic heterocycles. The summed E-state index contributed by atoms with van der Waals surface area (Å²) in [5, 5.41) is 0. The summed E-state index contributed by atoms with van der Waals surface area (Å²) in [6, 6.07) is 16.0. The molecule has 0 unspecified atom stereocenters. The third kappa shape index (κ3) is 5.35. The third-order valence-corrected chi connectivity index (χ3v) is 3.99. The van der Waals surface area contributed by atoms with Crippen LogP contribution in [0, 0.1) is 0 Å². The summed E-state index contributed by atoms with van der Waals surface area (Å²) in [6.07, 6.45) is 2.82. The molecule has 0 aliphatic heterocycles. The van der Waals surface area contributed by atoms with Crippen LogP contribution in [0.1, 0.15) is 24.0 Å². The van der Waals surface area contributed by atoms with E-state index in [1.165, 1.54) is 11.1 Å². The number of hydrogen-bond donors (Lipinski definition) is 0. The third-order valence-electron chi connectivity index (χ3n) is 3.46. The van der Waals surface area contributed by atoms with Crippen molar-refractivity contribution >= 4 is 21.7 Å². The first-order valence-corrected chi connectivity index (χ1v) is 7.86. The van der Waals surface area contributed by atoms with E-state index in [9.17, 15) is 4.79 Å². The minimum Gasteiger partial charge on any atom is -0.497 e. The van der Waals surface area contributed by atoms with Gasteiger partial charge in [0.05, 0.1) is 7.11 Å². The van der Waals surface area contributed by atoms with Crippen molar-refractivity contribution in [3.63, 3.8) is 0 Å². The lowest BCUT2D eigenvalue weighted by Gasteiger charge is -2.04. The predicted molar refractivity (Wildman–Crippen MR) is 88.8 cm³/mol. The molecule has 0 saturated heterocycles. The minimum absolute atomic E-state index is 0.314. The van der Waals surface area contributed by atoms with Gasteiger partial charge in [0.2, 0.25) is 0 Å². The maximum absolute atomic E-state index is 11.9. The molecule has 0 radical (unpaired) electrons. The number of Topliss-reactive ketones (excluding diaryl/α,β-unsaturated/α-hetero) is 1. The molecule has 0 amide bonds. The zero-order chi connectivity index (χ0) is 15.1. The summed E-state index contributed by atoms with van der Waals surface area (Å²) in [5.74, 6) is 1.16. The van der Waals surface area contributed by atoms with Crippen molar-refractivity contribution in [1.82, 2.24) is 0 Å². The fourth-order valence-electron chi connectivity index (χ4n) is 2.14. The van der Waals surface area contributed by atoms with Gasteiger partial charge in [-0.1, -0.05) is 40.2 Å². The Hall–Kier alpha value is -1.61. The van der Waals surface area contributed by atoms with Crippen molar-refractivity contribution in [2.45, 2.75) is 25.7 Å². The van der Waals surface area contributed by atoms with Gasteiger partial charge in [-0.25, -0.2) is 0 Å². The molecule has 21 heavy (non-hydrogen) atoms.